The molecule has 1 nitrogen and oxygen atoms in total. The van der Waals surface area contributed by atoms with Crippen LogP contribution in [-0.4, -0.2) is 11.2 Å². The molecule has 0 spiro atoms. The van der Waals surface area contributed by atoms with Gasteiger partial charge in [-0.1, -0.05) is 59.8 Å². The van der Waals surface area contributed by atoms with Crippen molar-refractivity contribution in [1.82, 2.24) is 0 Å². The fraction of sp³-hybridized carbons (Fsp3) is 1.00. The zero-order valence-electron chi connectivity index (χ0n) is 11.1. The lowest BCUT2D eigenvalue weighted by Crippen LogP contribution is -2.17. The SMILES string of the molecule is CCCC(C)CCCC(O)C(C)CCC. The largest absolute Gasteiger partial charge is 0.393 e. The van der Waals surface area contributed by atoms with Gasteiger partial charge in [0.1, 0.15) is 0 Å². The molecular weight excluding hydrogens is 184 g/mol. The molecule has 3 unspecified atom stereocenters. The summed E-state index contributed by atoms with van der Waals surface area (Å²) in [6.07, 6.45) is 8.36. The Morgan fingerprint density at radius 3 is 2.00 bits per heavy atom. The van der Waals surface area contributed by atoms with Gasteiger partial charge < -0.3 is 5.11 Å². The van der Waals surface area contributed by atoms with E-state index >= 15 is 0 Å². The summed E-state index contributed by atoms with van der Waals surface area (Å²) in [5.74, 6) is 1.32. The molecule has 0 fully saturated rings. The summed E-state index contributed by atoms with van der Waals surface area (Å²) in [4.78, 5) is 0. The van der Waals surface area contributed by atoms with Gasteiger partial charge in [-0.05, 0) is 24.7 Å². The minimum atomic E-state index is -0.0706. The Kier molecular flexibility index (Phi) is 9.18. The molecule has 0 bridgehead atoms. The van der Waals surface area contributed by atoms with E-state index in [0.717, 1.165) is 18.8 Å². The van der Waals surface area contributed by atoms with E-state index in [1.54, 1.807) is 0 Å². The van der Waals surface area contributed by atoms with Crippen LogP contribution in [0.25, 0.3) is 0 Å². The van der Waals surface area contributed by atoms with Crippen LogP contribution >= 0.6 is 0 Å². The summed E-state index contributed by atoms with van der Waals surface area (Å²) in [5.41, 5.74) is 0. The molecule has 0 amide bonds. The van der Waals surface area contributed by atoms with Crippen LogP contribution in [0.5, 0.6) is 0 Å². The van der Waals surface area contributed by atoms with Gasteiger partial charge in [0.15, 0.2) is 0 Å². The lowest BCUT2D eigenvalue weighted by atomic mass is 9.92. The van der Waals surface area contributed by atoms with Gasteiger partial charge in [-0.15, -0.1) is 0 Å². The third-order valence-corrected chi connectivity index (χ3v) is 3.38. The average Bonchev–Trinajstić information content (AvgIpc) is 2.18. The maximum atomic E-state index is 9.89. The first-order chi connectivity index (χ1) is 7.11. The van der Waals surface area contributed by atoms with E-state index in [1.807, 2.05) is 0 Å². The van der Waals surface area contributed by atoms with Gasteiger partial charge in [0, 0.05) is 0 Å². The zero-order valence-corrected chi connectivity index (χ0v) is 11.1. The zero-order chi connectivity index (χ0) is 11.7. The van der Waals surface area contributed by atoms with Crippen LogP contribution in [0.2, 0.25) is 0 Å². The quantitative estimate of drug-likeness (QED) is 0.603. The second-order valence-corrected chi connectivity index (χ2v) is 5.16. The van der Waals surface area contributed by atoms with Crippen molar-refractivity contribution in [3.8, 4) is 0 Å². The summed E-state index contributed by atoms with van der Waals surface area (Å²) in [7, 11) is 0. The Bertz CT molecular complexity index is 133. The number of aliphatic hydroxyl groups excluding tert-OH is 1. The van der Waals surface area contributed by atoms with E-state index in [1.165, 1.54) is 32.1 Å². The Morgan fingerprint density at radius 1 is 0.867 bits per heavy atom. The fourth-order valence-corrected chi connectivity index (χ4v) is 2.24. The van der Waals surface area contributed by atoms with Gasteiger partial charge in [0.25, 0.3) is 0 Å². The summed E-state index contributed by atoms with van der Waals surface area (Å²) in [6, 6.07) is 0. The summed E-state index contributed by atoms with van der Waals surface area (Å²) in [6.45, 7) is 8.93. The Balaban J connectivity index is 3.49. The van der Waals surface area contributed by atoms with E-state index in [-0.39, 0.29) is 6.10 Å². The van der Waals surface area contributed by atoms with E-state index in [0.29, 0.717) is 5.92 Å². The molecule has 1 N–H and O–H groups in total. The van der Waals surface area contributed by atoms with Crippen LogP contribution in [0.4, 0.5) is 0 Å². The Labute approximate surface area is 96.3 Å². The monoisotopic (exact) mass is 214 g/mol. The standard InChI is InChI=1S/C14H30O/c1-5-8-12(3)10-7-11-14(15)13(4)9-6-2/h12-15H,5-11H2,1-4H3. The summed E-state index contributed by atoms with van der Waals surface area (Å²) < 4.78 is 0. The molecule has 92 valence electrons. The smallest absolute Gasteiger partial charge is 0.0565 e. The molecule has 0 aromatic rings. The minimum absolute atomic E-state index is 0.0706. The van der Waals surface area contributed by atoms with Crippen molar-refractivity contribution in [2.24, 2.45) is 11.8 Å². The van der Waals surface area contributed by atoms with Crippen molar-refractivity contribution in [3.05, 3.63) is 0 Å². The van der Waals surface area contributed by atoms with Crippen molar-refractivity contribution in [2.45, 2.75) is 78.7 Å². The van der Waals surface area contributed by atoms with Crippen LogP contribution in [0.15, 0.2) is 0 Å². The molecular formula is C14H30O. The van der Waals surface area contributed by atoms with Crippen LogP contribution in [-0.2, 0) is 0 Å². The number of aliphatic hydroxyl groups is 1. The number of rotatable bonds is 9. The van der Waals surface area contributed by atoms with E-state index in [2.05, 4.69) is 27.7 Å². The van der Waals surface area contributed by atoms with Crippen molar-refractivity contribution >= 4 is 0 Å². The predicted molar refractivity (Wildman–Crippen MR) is 68.0 cm³/mol. The molecule has 0 aliphatic rings. The van der Waals surface area contributed by atoms with Crippen LogP contribution in [0.3, 0.4) is 0 Å². The predicted octanol–water partition coefficient (Wildman–Crippen LogP) is 4.39. The van der Waals surface area contributed by atoms with Crippen LogP contribution in [0.1, 0.15) is 72.6 Å². The van der Waals surface area contributed by atoms with Crippen LogP contribution in [0, 0.1) is 11.8 Å². The highest BCUT2D eigenvalue weighted by molar-refractivity contribution is 4.65. The first kappa shape index (κ1) is 15.0. The third kappa shape index (κ3) is 7.84. The molecule has 0 rings (SSSR count). The van der Waals surface area contributed by atoms with Gasteiger partial charge in [-0.25, -0.2) is 0 Å². The molecule has 1 heteroatoms. The first-order valence-corrected chi connectivity index (χ1v) is 6.79. The Hall–Kier alpha value is -0.0400. The van der Waals surface area contributed by atoms with Crippen molar-refractivity contribution in [3.63, 3.8) is 0 Å². The lowest BCUT2D eigenvalue weighted by molar-refractivity contribution is 0.0984. The average molecular weight is 214 g/mol. The van der Waals surface area contributed by atoms with Crippen LogP contribution < -0.4 is 0 Å². The highest BCUT2D eigenvalue weighted by atomic mass is 16.3. The molecule has 0 aliphatic carbocycles. The second-order valence-electron chi connectivity index (χ2n) is 5.16. The Morgan fingerprint density at radius 2 is 1.47 bits per heavy atom. The third-order valence-electron chi connectivity index (χ3n) is 3.38. The topological polar surface area (TPSA) is 20.2 Å². The first-order valence-electron chi connectivity index (χ1n) is 6.79. The van der Waals surface area contributed by atoms with Gasteiger partial charge in [0.05, 0.1) is 6.10 Å². The van der Waals surface area contributed by atoms with E-state index in [9.17, 15) is 5.11 Å². The lowest BCUT2D eigenvalue weighted by Gasteiger charge is -2.19. The van der Waals surface area contributed by atoms with E-state index < -0.39 is 0 Å². The molecule has 0 saturated carbocycles. The molecule has 0 heterocycles. The molecule has 0 aliphatic heterocycles. The second kappa shape index (κ2) is 9.21. The van der Waals surface area contributed by atoms with Crippen molar-refractivity contribution in [2.75, 3.05) is 0 Å². The van der Waals surface area contributed by atoms with Gasteiger partial charge >= 0.3 is 0 Å². The normalized spacial score (nSPS) is 17.4. The highest BCUT2D eigenvalue weighted by Crippen LogP contribution is 2.19. The minimum Gasteiger partial charge on any atom is -0.393 e. The van der Waals surface area contributed by atoms with E-state index in [4.69, 9.17) is 0 Å². The maximum Gasteiger partial charge on any atom is 0.0565 e. The number of hydrogen-bond acceptors (Lipinski definition) is 1. The molecule has 0 aromatic heterocycles. The van der Waals surface area contributed by atoms with Crippen molar-refractivity contribution < 1.29 is 5.11 Å². The maximum absolute atomic E-state index is 9.89. The molecule has 15 heavy (non-hydrogen) atoms. The molecule has 0 saturated heterocycles. The summed E-state index contributed by atoms with van der Waals surface area (Å²) in [5, 5.41) is 9.89. The van der Waals surface area contributed by atoms with Gasteiger partial charge in [-0.3, -0.25) is 0 Å². The van der Waals surface area contributed by atoms with Crippen molar-refractivity contribution in [1.29, 1.82) is 0 Å². The molecule has 0 radical (unpaired) electrons. The van der Waals surface area contributed by atoms with Gasteiger partial charge in [0.2, 0.25) is 0 Å². The number of hydrogen-bond donors (Lipinski definition) is 1. The fourth-order valence-electron chi connectivity index (χ4n) is 2.24. The molecule has 3 atom stereocenters. The van der Waals surface area contributed by atoms with Gasteiger partial charge in [-0.2, -0.15) is 0 Å². The molecule has 0 aromatic carbocycles. The highest BCUT2D eigenvalue weighted by Gasteiger charge is 2.13. The summed E-state index contributed by atoms with van der Waals surface area (Å²) >= 11 is 0.